The number of nitrogens with one attached hydrogen (secondary N) is 1. The van der Waals surface area contributed by atoms with Gasteiger partial charge in [0.1, 0.15) is 11.6 Å². The second kappa shape index (κ2) is 6.53. The van der Waals surface area contributed by atoms with E-state index in [1.807, 2.05) is 11.8 Å². The van der Waals surface area contributed by atoms with Crippen molar-refractivity contribution in [1.29, 1.82) is 0 Å². The second-order valence-corrected chi connectivity index (χ2v) is 5.84. The van der Waals surface area contributed by atoms with Crippen molar-refractivity contribution in [2.45, 2.75) is 25.8 Å². The van der Waals surface area contributed by atoms with Crippen LogP contribution in [0.15, 0.2) is 18.2 Å². The molecule has 2 unspecified atom stereocenters. The van der Waals surface area contributed by atoms with Crippen LogP contribution in [0.25, 0.3) is 0 Å². The fourth-order valence-electron chi connectivity index (χ4n) is 2.34. The molecule has 1 aliphatic rings. The Morgan fingerprint density at radius 1 is 1.28 bits per heavy atom. The number of rotatable bonds is 5. The largest absolute Gasteiger partial charge is 0.313 e. The first-order valence-electron chi connectivity index (χ1n) is 6.46. The predicted molar refractivity (Wildman–Crippen MR) is 73.0 cm³/mol. The highest BCUT2D eigenvalue weighted by Crippen LogP contribution is 2.29. The summed E-state index contributed by atoms with van der Waals surface area (Å²) in [5.41, 5.74) is 0.244. The Morgan fingerprint density at radius 2 is 2.00 bits per heavy atom. The van der Waals surface area contributed by atoms with Gasteiger partial charge in [-0.15, -0.1) is 0 Å². The minimum Gasteiger partial charge on any atom is -0.313 e. The van der Waals surface area contributed by atoms with Gasteiger partial charge in [-0.2, -0.15) is 11.8 Å². The lowest BCUT2D eigenvalue weighted by Crippen LogP contribution is -2.37. The summed E-state index contributed by atoms with van der Waals surface area (Å²) in [5.74, 6) is 1.52. The molecular weight excluding hydrogens is 252 g/mol. The van der Waals surface area contributed by atoms with Crippen molar-refractivity contribution in [3.63, 3.8) is 0 Å². The summed E-state index contributed by atoms with van der Waals surface area (Å²) >= 11 is 1.86. The minimum absolute atomic E-state index is 0.244. The molecule has 0 aliphatic carbocycles. The van der Waals surface area contributed by atoms with Gasteiger partial charge in [-0.1, -0.05) is 13.0 Å². The summed E-state index contributed by atoms with van der Waals surface area (Å²) in [6.45, 7) is 3.10. The van der Waals surface area contributed by atoms with E-state index < -0.39 is 11.6 Å². The molecule has 0 spiro atoms. The average Bonchev–Trinajstić information content (AvgIpc) is 2.79. The molecule has 0 aromatic heterocycles. The number of hydrogen-bond acceptors (Lipinski definition) is 2. The van der Waals surface area contributed by atoms with Gasteiger partial charge in [0.15, 0.2) is 0 Å². The maximum absolute atomic E-state index is 13.6. The van der Waals surface area contributed by atoms with E-state index >= 15 is 0 Å². The van der Waals surface area contributed by atoms with Gasteiger partial charge in [0, 0.05) is 17.4 Å². The number of halogens is 2. The first-order valence-corrected chi connectivity index (χ1v) is 7.61. The van der Waals surface area contributed by atoms with Crippen LogP contribution in [-0.2, 0) is 6.42 Å². The summed E-state index contributed by atoms with van der Waals surface area (Å²) in [6.07, 6.45) is 1.58. The lowest BCUT2D eigenvalue weighted by Gasteiger charge is -2.20. The Hall–Kier alpha value is -0.610. The van der Waals surface area contributed by atoms with Crippen LogP contribution in [-0.4, -0.2) is 24.1 Å². The van der Waals surface area contributed by atoms with Crippen LogP contribution in [0.4, 0.5) is 8.78 Å². The van der Waals surface area contributed by atoms with Crippen molar-refractivity contribution in [2.24, 2.45) is 5.92 Å². The van der Waals surface area contributed by atoms with Crippen LogP contribution >= 0.6 is 11.8 Å². The molecule has 4 heteroatoms. The van der Waals surface area contributed by atoms with Crippen LogP contribution in [0.2, 0.25) is 0 Å². The molecule has 100 valence electrons. The van der Waals surface area contributed by atoms with E-state index in [2.05, 4.69) is 12.2 Å². The molecule has 1 aromatic carbocycles. The summed E-state index contributed by atoms with van der Waals surface area (Å²) in [7, 11) is 0. The Bertz CT molecular complexity index is 377. The zero-order valence-electron chi connectivity index (χ0n) is 10.6. The third kappa shape index (κ3) is 3.23. The quantitative estimate of drug-likeness (QED) is 0.882. The van der Waals surface area contributed by atoms with E-state index in [0.29, 0.717) is 18.4 Å². The maximum atomic E-state index is 13.6. The molecular formula is C14H19F2NS. The Balaban J connectivity index is 2.03. The second-order valence-electron chi connectivity index (χ2n) is 4.76. The molecule has 1 fully saturated rings. The van der Waals surface area contributed by atoms with Crippen molar-refractivity contribution in [3.05, 3.63) is 35.4 Å². The van der Waals surface area contributed by atoms with Gasteiger partial charge in [0.05, 0.1) is 0 Å². The van der Waals surface area contributed by atoms with Crippen molar-refractivity contribution in [1.82, 2.24) is 5.32 Å². The fourth-order valence-corrected chi connectivity index (χ4v) is 3.78. The lowest BCUT2D eigenvalue weighted by molar-refractivity contribution is 0.412. The van der Waals surface area contributed by atoms with E-state index in [1.54, 1.807) is 0 Å². The summed E-state index contributed by atoms with van der Waals surface area (Å²) in [4.78, 5) is 0. The first-order chi connectivity index (χ1) is 8.72. The summed E-state index contributed by atoms with van der Waals surface area (Å²) < 4.78 is 27.2. The van der Waals surface area contributed by atoms with Gasteiger partial charge in [-0.05, 0) is 43.2 Å². The SMILES string of the molecule is CCCNC1CSCC1Cc1c(F)cccc1F. The monoisotopic (exact) mass is 271 g/mol. The molecule has 0 bridgehead atoms. The van der Waals surface area contributed by atoms with Gasteiger partial charge in [-0.25, -0.2) is 8.78 Å². The summed E-state index contributed by atoms with van der Waals surface area (Å²) in [6, 6.07) is 4.49. The van der Waals surface area contributed by atoms with Crippen molar-refractivity contribution in [3.8, 4) is 0 Å². The Kier molecular flexibility index (Phi) is 5.01. The van der Waals surface area contributed by atoms with Crippen molar-refractivity contribution < 1.29 is 8.78 Å². The molecule has 1 heterocycles. The standard InChI is InChI=1S/C14H19F2NS/c1-2-6-17-14-9-18-8-10(14)7-11-12(15)4-3-5-13(11)16/h3-5,10,14,17H,2,6-9H2,1H3. The van der Waals surface area contributed by atoms with Crippen LogP contribution in [0, 0.1) is 17.6 Å². The maximum Gasteiger partial charge on any atom is 0.129 e. The van der Waals surface area contributed by atoms with Crippen LogP contribution in [0.3, 0.4) is 0 Å². The van der Waals surface area contributed by atoms with Gasteiger partial charge in [0.2, 0.25) is 0 Å². The molecule has 1 N–H and O–H groups in total. The topological polar surface area (TPSA) is 12.0 Å². The van der Waals surface area contributed by atoms with Gasteiger partial charge < -0.3 is 5.32 Å². The summed E-state index contributed by atoms with van der Waals surface area (Å²) in [5, 5.41) is 3.47. The van der Waals surface area contributed by atoms with Gasteiger partial charge in [-0.3, -0.25) is 0 Å². The molecule has 1 saturated heterocycles. The molecule has 0 radical (unpaired) electrons. The van der Waals surface area contributed by atoms with E-state index in [0.717, 1.165) is 24.5 Å². The first kappa shape index (κ1) is 13.8. The minimum atomic E-state index is -0.416. The van der Waals surface area contributed by atoms with Gasteiger partial charge in [0.25, 0.3) is 0 Å². The van der Waals surface area contributed by atoms with Crippen molar-refractivity contribution in [2.75, 3.05) is 18.1 Å². The highest BCUT2D eigenvalue weighted by Gasteiger charge is 2.28. The molecule has 0 amide bonds. The van der Waals surface area contributed by atoms with E-state index in [-0.39, 0.29) is 5.56 Å². The Labute approximate surface area is 111 Å². The normalized spacial score (nSPS) is 23.5. The molecule has 1 aliphatic heterocycles. The van der Waals surface area contributed by atoms with Crippen molar-refractivity contribution >= 4 is 11.8 Å². The van der Waals surface area contributed by atoms with Crippen LogP contribution in [0.5, 0.6) is 0 Å². The molecule has 2 rings (SSSR count). The smallest absolute Gasteiger partial charge is 0.129 e. The van der Waals surface area contributed by atoms with E-state index in [1.165, 1.54) is 18.2 Å². The zero-order chi connectivity index (χ0) is 13.0. The van der Waals surface area contributed by atoms with E-state index in [9.17, 15) is 8.78 Å². The van der Waals surface area contributed by atoms with E-state index in [4.69, 9.17) is 0 Å². The number of hydrogen-bond donors (Lipinski definition) is 1. The molecule has 2 atom stereocenters. The highest BCUT2D eigenvalue weighted by molar-refractivity contribution is 7.99. The average molecular weight is 271 g/mol. The lowest BCUT2D eigenvalue weighted by atomic mass is 9.94. The van der Waals surface area contributed by atoms with Crippen LogP contribution in [0.1, 0.15) is 18.9 Å². The predicted octanol–water partition coefficient (Wildman–Crippen LogP) is 3.24. The van der Waals surface area contributed by atoms with Gasteiger partial charge >= 0.3 is 0 Å². The molecule has 1 aromatic rings. The third-order valence-electron chi connectivity index (χ3n) is 3.38. The van der Waals surface area contributed by atoms with Crippen LogP contribution < -0.4 is 5.32 Å². The fraction of sp³-hybridized carbons (Fsp3) is 0.571. The molecule has 1 nitrogen and oxygen atoms in total. The molecule has 18 heavy (non-hydrogen) atoms. The molecule has 0 saturated carbocycles. The number of thioether (sulfide) groups is 1. The zero-order valence-corrected chi connectivity index (χ0v) is 11.4. The Morgan fingerprint density at radius 3 is 2.67 bits per heavy atom. The third-order valence-corrected chi connectivity index (χ3v) is 4.64. The number of benzene rings is 1. The highest BCUT2D eigenvalue weighted by atomic mass is 32.2.